The molecular weight excluding hydrogens is 756 g/mol. The second-order valence-electron chi connectivity index (χ2n) is 17.4. The number of hydrogen-bond acceptors (Lipinski definition) is 6. The molecule has 0 aromatic rings. The molecule has 8 nitrogen and oxygen atoms in total. The number of unbranched alkanes of at least 4 members (excludes halogenated alkanes) is 20. The SMILES string of the molecule is CC/C=C\C/C=C\C/C=C\C/C=C\C/C=C\CCCCCCCC(=O)NC(COP(=O)([O-])OCC[N+](C)(C)C)C(O)CCCCCCCCCCCCCCCCCC. The van der Waals surface area contributed by atoms with E-state index in [0.717, 1.165) is 89.9 Å². The Bertz CT molecular complexity index is 1140. The highest BCUT2D eigenvalue weighted by atomic mass is 31.2. The number of nitrogens with zero attached hydrogens (tertiary/aromatic N) is 1. The second kappa shape index (κ2) is 41.5. The number of quaternary nitrogens is 1. The van der Waals surface area contributed by atoms with Crippen molar-refractivity contribution in [2.75, 3.05) is 40.9 Å². The summed E-state index contributed by atoms with van der Waals surface area (Å²) in [5.41, 5.74) is 0. The first kappa shape index (κ1) is 57.2. The molecular formula is C50H93N2O6P. The maximum Gasteiger partial charge on any atom is 0.268 e. The fourth-order valence-electron chi connectivity index (χ4n) is 6.71. The third kappa shape index (κ3) is 44.1. The molecule has 1 amide bonds. The molecule has 0 aliphatic heterocycles. The number of hydrogen-bond donors (Lipinski definition) is 2. The van der Waals surface area contributed by atoms with Crippen LogP contribution in [0.5, 0.6) is 0 Å². The summed E-state index contributed by atoms with van der Waals surface area (Å²) in [4.78, 5) is 25.4. The van der Waals surface area contributed by atoms with Gasteiger partial charge in [-0.05, 0) is 57.8 Å². The number of aliphatic hydroxyl groups excluding tert-OH is 1. The van der Waals surface area contributed by atoms with Crippen molar-refractivity contribution < 1.29 is 32.9 Å². The van der Waals surface area contributed by atoms with Crippen LogP contribution in [0.1, 0.15) is 200 Å². The molecule has 0 aromatic heterocycles. The van der Waals surface area contributed by atoms with Crippen LogP contribution in [0.25, 0.3) is 0 Å². The lowest BCUT2D eigenvalue weighted by Gasteiger charge is -2.30. The van der Waals surface area contributed by atoms with Crippen LogP contribution in [0.15, 0.2) is 60.8 Å². The smallest absolute Gasteiger partial charge is 0.268 e. The summed E-state index contributed by atoms with van der Waals surface area (Å²) in [6, 6.07) is -0.813. The standard InChI is InChI=1S/C50H93N2O6P/c1-6-8-10-12-14-16-18-20-22-24-25-26-27-28-30-32-34-36-38-40-42-44-50(54)51-48(47-58-59(55,56)57-46-45-52(3,4)5)49(53)43-41-39-37-35-33-31-29-23-21-19-17-15-13-11-9-7-2/h8,10,14,16,20,22,25-26,28,30,48-49,53H,6-7,9,11-13,15,17-19,21,23-24,27,29,31-47H2,1-5H3,(H-,51,54,55,56)/b10-8-,16-14-,22-20-,26-25-,30-28-. The van der Waals surface area contributed by atoms with Crippen molar-refractivity contribution in [3.63, 3.8) is 0 Å². The topological polar surface area (TPSA) is 108 Å². The molecule has 0 rings (SSSR count). The molecule has 2 N–H and O–H groups in total. The van der Waals surface area contributed by atoms with E-state index < -0.39 is 20.0 Å². The summed E-state index contributed by atoms with van der Waals surface area (Å²) in [5, 5.41) is 13.9. The molecule has 9 heteroatoms. The molecule has 0 bridgehead atoms. The quantitative estimate of drug-likeness (QED) is 0.0274. The zero-order chi connectivity index (χ0) is 43.6. The minimum absolute atomic E-state index is 0.00533. The second-order valence-corrected chi connectivity index (χ2v) is 18.8. The van der Waals surface area contributed by atoms with Gasteiger partial charge in [0.2, 0.25) is 5.91 Å². The van der Waals surface area contributed by atoms with Gasteiger partial charge in [0.25, 0.3) is 7.82 Å². The van der Waals surface area contributed by atoms with E-state index in [4.69, 9.17) is 9.05 Å². The number of allylic oxidation sites excluding steroid dienone is 10. The first-order chi connectivity index (χ1) is 28.5. The van der Waals surface area contributed by atoms with Crippen LogP contribution in [0.2, 0.25) is 0 Å². The first-order valence-electron chi connectivity index (χ1n) is 24.1. The highest BCUT2D eigenvalue weighted by Gasteiger charge is 2.24. The molecule has 59 heavy (non-hydrogen) atoms. The van der Waals surface area contributed by atoms with Crippen LogP contribution < -0.4 is 10.2 Å². The van der Waals surface area contributed by atoms with E-state index in [1.807, 2.05) is 21.1 Å². The largest absolute Gasteiger partial charge is 0.756 e. The van der Waals surface area contributed by atoms with Crippen molar-refractivity contribution in [3.05, 3.63) is 60.8 Å². The fraction of sp³-hybridized carbons (Fsp3) is 0.780. The minimum Gasteiger partial charge on any atom is -0.756 e. The van der Waals surface area contributed by atoms with E-state index in [1.54, 1.807) is 0 Å². The molecule has 0 aliphatic rings. The molecule has 0 saturated carbocycles. The molecule has 344 valence electrons. The van der Waals surface area contributed by atoms with E-state index in [0.29, 0.717) is 23.9 Å². The molecule has 0 radical (unpaired) electrons. The molecule has 0 spiro atoms. The molecule has 0 aromatic carbocycles. The molecule has 0 aliphatic carbocycles. The van der Waals surface area contributed by atoms with Gasteiger partial charge in [-0.25, -0.2) is 0 Å². The van der Waals surface area contributed by atoms with Gasteiger partial charge in [-0.15, -0.1) is 0 Å². The number of aliphatic hydroxyl groups is 1. The van der Waals surface area contributed by atoms with Gasteiger partial charge < -0.3 is 28.8 Å². The number of phosphoric ester groups is 1. The Balaban J connectivity index is 4.36. The summed E-state index contributed by atoms with van der Waals surface area (Å²) >= 11 is 0. The van der Waals surface area contributed by atoms with Crippen molar-refractivity contribution in [2.24, 2.45) is 0 Å². The van der Waals surface area contributed by atoms with E-state index in [1.165, 1.54) is 83.5 Å². The number of carbonyl (C=O) groups is 1. The lowest BCUT2D eigenvalue weighted by atomic mass is 10.0. The zero-order valence-corrected chi connectivity index (χ0v) is 39.8. The third-order valence-corrected chi connectivity index (χ3v) is 11.5. The molecule has 0 saturated heterocycles. The summed E-state index contributed by atoms with van der Waals surface area (Å²) in [7, 11) is 1.28. The number of likely N-dealkylation sites (N-methyl/N-ethyl adjacent to an activating group) is 1. The molecule has 0 heterocycles. The zero-order valence-electron chi connectivity index (χ0n) is 38.9. The highest BCUT2D eigenvalue weighted by Crippen LogP contribution is 2.38. The number of nitrogens with one attached hydrogen (secondary N) is 1. The molecule has 0 fully saturated rings. The van der Waals surface area contributed by atoms with Gasteiger partial charge in [-0.1, -0.05) is 197 Å². The van der Waals surface area contributed by atoms with Crippen LogP contribution in [0.3, 0.4) is 0 Å². The third-order valence-electron chi connectivity index (χ3n) is 10.5. The average molecular weight is 849 g/mol. The van der Waals surface area contributed by atoms with Crippen LogP contribution in [-0.2, 0) is 18.4 Å². The Kier molecular flexibility index (Phi) is 40.3. The Morgan fingerprint density at radius 2 is 1.03 bits per heavy atom. The Hall–Kier alpha value is -1.80. The van der Waals surface area contributed by atoms with Gasteiger partial charge >= 0.3 is 0 Å². The van der Waals surface area contributed by atoms with Crippen LogP contribution >= 0.6 is 7.82 Å². The van der Waals surface area contributed by atoms with Gasteiger partial charge in [-0.3, -0.25) is 9.36 Å². The predicted molar refractivity (Wildman–Crippen MR) is 251 cm³/mol. The van der Waals surface area contributed by atoms with E-state index in [9.17, 15) is 19.4 Å². The summed E-state index contributed by atoms with van der Waals surface area (Å²) in [6.45, 7) is 4.59. The van der Waals surface area contributed by atoms with E-state index in [-0.39, 0.29) is 19.1 Å². The van der Waals surface area contributed by atoms with Crippen molar-refractivity contribution in [2.45, 2.75) is 212 Å². The number of carbonyl (C=O) groups excluding carboxylic acids is 1. The number of amides is 1. The van der Waals surface area contributed by atoms with E-state index >= 15 is 0 Å². The number of rotatable bonds is 43. The van der Waals surface area contributed by atoms with Gasteiger partial charge in [0.05, 0.1) is 39.9 Å². The maximum absolute atomic E-state index is 12.9. The van der Waals surface area contributed by atoms with Crippen molar-refractivity contribution in [3.8, 4) is 0 Å². The van der Waals surface area contributed by atoms with Gasteiger partial charge in [0, 0.05) is 6.42 Å². The summed E-state index contributed by atoms with van der Waals surface area (Å²) in [5.74, 6) is -0.185. The first-order valence-corrected chi connectivity index (χ1v) is 25.6. The Morgan fingerprint density at radius 1 is 0.610 bits per heavy atom. The fourth-order valence-corrected chi connectivity index (χ4v) is 7.44. The van der Waals surface area contributed by atoms with Crippen molar-refractivity contribution in [1.82, 2.24) is 5.32 Å². The van der Waals surface area contributed by atoms with Crippen LogP contribution in [0.4, 0.5) is 0 Å². The summed E-state index contributed by atoms with van der Waals surface area (Å²) in [6.07, 6.45) is 53.6. The summed E-state index contributed by atoms with van der Waals surface area (Å²) < 4.78 is 23.3. The lowest BCUT2D eigenvalue weighted by molar-refractivity contribution is -0.870. The van der Waals surface area contributed by atoms with Crippen molar-refractivity contribution >= 4 is 13.7 Å². The van der Waals surface area contributed by atoms with Crippen LogP contribution in [0, 0.1) is 0 Å². The van der Waals surface area contributed by atoms with Crippen LogP contribution in [-0.4, -0.2) is 68.5 Å². The highest BCUT2D eigenvalue weighted by molar-refractivity contribution is 7.45. The monoisotopic (exact) mass is 849 g/mol. The number of phosphoric acid groups is 1. The van der Waals surface area contributed by atoms with Gasteiger partial charge in [0.15, 0.2) is 0 Å². The maximum atomic E-state index is 12.9. The van der Waals surface area contributed by atoms with Gasteiger partial charge in [0.1, 0.15) is 13.2 Å². The Morgan fingerprint density at radius 3 is 1.51 bits per heavy atom. The Labute approximate surface area is 364 Å². The van der Waals surface area contributed by atoms with Gasteiger partial charge in [-0.2, -0.15) is 0 Å². The molecule has 3 atom stereocenters. The predicted octanol–water partition coefficient (Wildman–Crippen LogP) is 13.2. The lowest BCUT2D eigenvalue weighted by Crippen LogP contribution is -2.46. The molecule has 3 unspecified atom stereocenters. The average Bonchev–Trinajstić information content (AvgIpc) is 3.19. The minimum atomic E-state index is -4.58. The normalized spacial score (nSPS) is 14.8. The van der Waals surface area contributed by atoms with E-state index in [2.05, 4.69) is 79.9 Å². The van der Waals surface area contributed by atoms with Crippen molar-refractivity contribution in [1.29, 1.82) is 0 Å².